The lowest BCUT2D eigenvalue weighted by molar-refractivity contribution is 0.00578. The Morgan fingerprint density at radius 1 is 0.500 bits per heavy atom. The van der Waals surface area contributed by atoms with E-state index >= 15 is 0 Å². The molecule has 0 amide bonds. The molecule has 1 saturated heterocycles. The van der Waals surface area contributed by atoms with Gasteiger partial charge in [0.25, 0.3) is 0 Å². The first-order valence-electron chi connectivity index (χ1n) is 14.6. The Hall–Kier alpha value is -4.38. The van der Waals surface area contributed by atoms with Crippen LogP contribution in [0.4, 0.5) is 17.1 Å². The molecule has 1 fully saturated rings. The molecule has 1 aliphatic heterocycles. The number of hydrogen-bond donors (Lipinski definition) is 0. The predicted molar refractivity (Wildman–Crippen MR) is 177 cm³/mol. The Morgan fingerprint density at radius 2 is 1.00 bits per heavy atom. The van der Waals surface area contributed by atoms with Crippen LogP contribution in [0, 0.1) is 0 Å². The SMILES string of the molecule is CC1(C)OB(c2ccc(N(c3ccccc3)c3ccc(-c4cc5ccccc5c5ccccc45)cc3)cc2)OC1(C)C. The van der Waals surface area contributed by atoms with E-state index in [0.717, 1.165) is 22.5 Å². The summed E-state index contributed by atoms with van der Waals surface area (Å²) < 4.78 is 12.6. The third-order valence-corrected chi connectivity index (χ3v) is 8.90. The van der Waals surface area contributed by atoms with Crippen molar-refractivity contribution in [2.75, 3.05) is 4.90 Å². The van der Waals surface area contributed by atoms with E-state index in [0.29, 0.717) is 0 Å². The average Bonchev–Trinajstić information content (AvgIpc) is 3.24. The van der Waals surface area contributed by atoms with Crippen molar-refractivity contribution >= 4 is 51.2 Å². The number of benzene rings is 6. The van der Waals surface area contributed by atoms with Gasteiger partial charge in [0.2, 0.25) is 0 Å². The van der Waals surface area contributed by atoms with Crippen LogP contribution in [-0.4, -0.2) is 18.3 Å². The molecule has 0 atom stereocenters. The quantitative estimate of drug-likeness (QED) is 0.159. The van der Waals surface area contributed by atoms with Gasteiger partial charge in [-0.05, 0) is 108 Å². The van der Waals surface area contributed by atoms with Crippen LogP contribution in [0.3, 0.4) is 0 Å². The maximum Gasteiger partial charge on any atom is 0.494 e. The molecule has 6 aromatic carbocycles. The van der Waals surface area contributed by atoms with Crippen molar-refractivity contribution in [3.63, 3.8) is 0 Å². The van der Waals surface area contributed by atoms with E-state index in [1.54, 1.807) is 0 Å². The molecule has 0 bridgehead atoms. The summed E-state index contributed by atoms with van der Waals surface area (Å²) in [5.74, 6) is 0. The van der Waals surface area contributed by atoms with Crippen molar-refractivity contribution in [1.29, 1.82) is 0 Å². The first-order chi connectivity index (χ1) is 20.3. The number of fused-ring (bicyclic) bond motifs is 3. The first-order valence-corrected chi connectivity index (χ1v) is 14.6. The van der Waals surface area contributed by atoms with Crippen molar-refractivity contribution in [2.24, 2.45) is 0 Å². The molecule has 0 radical (unpaired) electrons. The summed E-state index contributed by atoms with van der Waals surface area (Å²) in [6, 6.07) is 47.6. The maximum absolute atomic E-state index is 6.30. The van der Waals surface area contributed by atoms with E-state index < -0.39 is 0 Å². The van der Waals surface area contributed by atoms with Gasteiger partial charge < -0.3 is 14.2 Å². The van der Waals surface area contributed by atoms with Gasteiger partial charge in [0.1, 0.15) is 0 Å². The van der Waals surface area contributed by atoms with E-state index in [9.17, 15) is 0 Å². The molecule has 42 heavy (non-hydrogen) atoms. The minimum absolute atomic E-state index is 0.371. The van der Waals surface area contributed by atoms with Crippen molar-refractivity contribution in [3.8, 4) is 11.1 Å². The number of anilines is 3. The van der Waals surface area contributed by atoms with Crippen LogP contribution in [0.2, 0.25) is 0 Å². The van der Waals surface area contributed by atoms with E-state index in [1.165, 1.54) is 32.7 Å². The number of nitrogens with zero attached hydrogens (tertiary/aromatic N) is 1. The second-order valence-electron chi connectivity index (χ2n) is 12.1. The highest BCUT2D eigenvalue weighted by Gasteiger charge is 2.51. The van der Waals surface area contributed by atoms with Gasteiger partial charge in [0.15, 0.2) is 0 Å². The molecule has 0 spiro atoms. The van der Waals surface area contributed by atoms with Gasteiger partial charge in [0, 0.05) is 17.1 Å². The minimum atomic E-state index is -0.384. The Bertz CT molecular complexity index is 1860. The van der Waals surface area contributed by atoms with Crippen LogP contribution < -0.4 is 10.4 Å². The Kier molecular flexibility index (Phi) is 6.42. The van der Waals surface area contributed by atoms with Gasteiger partial charge >= 0.3 is 7.12 Å². The summed E-state index contributed by atoms with van der Waals surface area (Å²) in [6.45, 7) is 8.34. The largest absolute Gasteiger partial charge is 0.494 e. The normalized spacial score (nSPS) is 15.8. The summed E-state index contributed by atoms with van der Waals surface area (Å²) in [7, 11) is -0.384. The maximum atomic E-state index is 6.30. The molecular formula is C38H34BNO2. The molecule has 3 nitrogen and oxygen atoms in total. The lowest BCUT2D eigenvalue weighted by Crippen LogP contribution is -2.41. The molecule has 0 saturated carbocycles. The van der Waals surface area contributed by atoms with E-state index in [4.69, 9.17) is 9.31 Å². The van der Waals surface area contributed by atoms with Gasteiger partial charge in [-0.3, -0.25) is 0 Å². The highest BCUT2D eigenvalue weighted by molar-refractivity contribution is 6.62. The molecule has 0 aromatic heterocycles. The minimum Gasteiger partial charge on any atom is -0.399 e. The Morgan fingerprint density at radius 3 is 1.64 bits per heavy atom. The smallest absolute Gasteiger partial charge is 0.399 e. The molecule has 0 aliphatic carbocycles. The monoisotopic (exact) mass is 547 g/mol. The number of para-hydroxylation sites is 1. The molecule has 0 unspecified atom stereocenters. The van der Waals surface area contributed by atoms with Gasteiger partial charge in [-0.25, -0.2) is 0 Å². The van der Waals surface area contributed by atoms with Gasteiger partial charge in [0.05, 0.1) is 11.2 Å². The Balaban J connectivity index is 1.26. The van der Waals surface area contributed by atoms with E-state index in [-0.39, 0.29) is 18.3 Å². The molecule has 4 heteroatoms. The average molecular weight is 548 g/mol. The van der Waals surface area contributed by atoms with Gasteiger partial charge in [-0.15, -0.1) is 0 Å². The number of hydrogen-bond acceptors (Lipinski definition) is 3. The second kappa shape index (κ2) is 10.2. The zero-order valence-electron chi connectivity index (χ0n) is 24.5. The summed E-state index contributed by atoms with van der Waals surface area (Å²) in [4.78, 5) is 2.29. The third kappa shape index (κ3) is 4.57. The van der Waals surface area contributed by atoms with Gasteiger partial charge in [-0.1, -0.05) is 91.0 Å². The lowest BCUT2D eigenvalue weighted by atomic mass is 9.79. The van der Waals surface area contributed by atoms with Gasteiger partial charge in [-0.2, -0.15) is 0 Å². The van der Waals surface area contributed by atoms with Crippen molar-refractivity contribution in [2.45, 2.75) is 38.9 Å². The van der Waals surface area contributed by atoms with E-state index in [1.807, 2.05) is 0 Å². The molecule has 6 aromatic rings. The molecule has 1 heterocycles. The summed E-state index contributed by atoms with van der Waals surface area (Å²) >= 11 is 0. The van der Waals surface area contributed by atoms with Crippen LogP contribution in [0.25, 0.3) is 32.7 Å². The van der Waals surface area contributed by atoms with Crippen LogP contribution in [-0.2, 0) is 9.31 Å². The predicted octanol–water partition coefficient (Wildman–Crippen LogP) is 9.43. The van der Waals surface area contributed by atoms with Crippen molar-refractivity contribution in [1.82, 2.24) is 0 Å². The second-order valence-corrected chi connectivity index (χ2v) is 12.1. The zero-order chi connectivity index (χ0) is 28.9. The summed E-state index contributed by atoms with van der Waals surface area (Å²) in [5, 5.41) is 5.08. The fraction of sp³-hybridized carbons (Fsp3) is 0.158. The fourth-order valence-corrected chi connectivity index (χ4v) is 5.87. The summed E-state index contributed by atoms with van der Waals surface area (Å²) in [6.07, 6.45) is 0. The van der Waals surface area contributed by atoms with Crippen molar-refractivity contribution in [3.05, 3.63) is 133 Å². The lowest BCUT2D eigenvalue weighted by Gasteiger charge is -2.32. The van der Waals surface area contributed by atoms with Crippen molar-refractivity contribution < 1.29 is 9.31 Å². The Labute approximate surface area is 248 Å². The topological polar surface area (TPSA) is 21.7 Å². The van der Waals surface area contributed by atoms with Crippen LogP contribution in [0.5, 0.6) is 0 Å². The molecule has 0 N–H and O–H groups in total. The zero-order valence-corrected chi connectivity index (χ0v) is 24.5. The molecule has 1 aliphatic rings. The van der Waals surface area contributed by atoms with E-state index in [2.05, 4.69) is 166 Å². The highest BCUT2D eigenvalue weighted by Crippen LogP contribution is 2.39. The standard InChI is InChI=1S/C38H34BNO2/c1-37(2)38(3,4)42-39(41-37)29-20-24-32(25-21-29)40(30-13-6-5-7-14-30)31-22-18-27(19-23-31)36-26-28-12-8-9-15-33(28)34-16-10-11-17-35(34)36/h5-26H,1-4H3. The van der Waals surface area contributed by atoms with Crippen LogP contribution >= 0.6 is 0 Å². The third-order valence-electron chi connectivity index (χ3n) is 8.90. The summed E-state index contributed by atoms with van der Waals surface area (Å²) in [5.41, 5.74) is 5.99. The first kappa shape index (κ1) is 26.5. The number of rotatable bonds is 5. The fourth-order valence-electron chi connectivity index (χ4n) is 5.87. The molecule has 7 rings (SSSR count). The highest BCUT2D eigenvalue weighted by atomic mass is 16.7. The molecular weight excluding hydrogens is 513 g/mol. The molecule has 206 valence electrons. The van der Waals surface area contributed by atoms with Crippen LogP contribution in [0.1, 0.15) is 27.7 Å². The van der Waals surface area contributed by atoms with Crippen LogP contribution in [0.15, 0.2) is 133 Å².